The third-order valence-corrected chi connectivity index (χ3v) is 11.0. The summed E-state index contributed by atoms with van der Waals surface area (Å²) in [6.07, 6.45) is 14.1. The van der Waals surface area contributed by atoms with Gasteiger partial charge in [-0.2, -0.15) is 0 Å². The highest BCUT2D eigenvalue weighted by molar-refractivity contribution is 6.12. The van der Waals surface area contributed by atoms with Crippen LogP contribution in [0.25, 0.3) is 0 Å². The maximum absolute atomic E-state index is 13.6. The number of rotatable bonds is 12. The Bertz CT molecular complexity index is 1320. The summed E-state index contributed by atoms with van der Waals surface area (Å²) in [5.41, 5.74) is 1.54. The number of nitrogens with one attached hydrogen (secondary N) is 5. The third-order valence-electron chi connectivity index (χ3n) is 11.0. The lowest BCUT2D eigenvalue weighted by molar-refractivity contribution is -0.119. The zero-order valence-corrected chi connectivity index (χ0v) is 28.7. The number of aldehydes is 1. The number of carbonyl (C=O) groups is 3. The standard InChI is InChI=1S/C29H37N3O3.C8H18N2O2/c30-15-24(27(34)32-26-21-9-20-10-22-12-25(26)29(22,13-20)14-21)28(35-17-18-5-2-1-3-6-18)31-23-8-4-7-19(11-23)16-33;1-8(2,3)12-7(11)10-6-5-9-4/h4,7-8,11,15-16,18,20-22,25-26,30-31H,1-3,5-6,9-10,12-14,17H2,(H,32,34);9H,5-6H2,1-4H3,(H,10,11)/b28-24-,30-15?;. The van der Waals surface area contributed by atoms with Crippen molar-refractivity contribution in [2.45, 2.75) is 96.6 Å². The molecule has 2 amide bonds. The largest absolute Gasteiger partial charge is 0.478 e. The first-order chi connectivity index (χ1) is 22.5. The molecular formula is C37H55N5O5. The summed E-state index contributed by atoms with van der Waals surface area (Å²) < 4.78 is 11.2. The van der Waals surface area contributed by atoms with Crippen LogP contribution in [-0.2, 0) is 14.3 Å². The van der Waals surface area contributed by atoms with Crippen LogP contribution in [0.4, 0.5) is 10.5 Å². The molecule has 3 bridgehead atoms. The summed E-state index contributed by atoms with van der Waals surface area (Å²) in [6.45, 7) is 7.38. The average Bonchev–Trinajstić information content (AvgIpc) is 3.33. The van der Waals surface area contributed by atoms with E-state index in [9.17, 15) is 14.4 Å². The van der Waals surface area contributed by atoms with E-state index >= 15 is 0 Å². The SMILES string of the molecule is CNCCNC(=O)OC(C)(C)C.N=C/C(C(=O)NC1C2CC3CC4CC1C4(C3)C2)=C(\Nc1cccc(C=O)c1)OCC1CCCCC1. The van der Waals surface area contributed by atoms with Gasteiger partial charge in [-0.1, -0.05) is 31.4 Å². The molecule has 0 aromatic heterocycles. The number of carbonyl (C=O) groups excluding carboxylic acids is 3. The van der Waals surface area contributed by atoms with Crippen LogP contribution in [0.2, 0.25) is 0 Å². The monoisotopic (exact) mass is 649 g/mol. The first-order valence-corrected chi connectivity index (χ1v) is 17.7. The van der Waals surface area contributed by atoms with Gasteiger partial charge < -0.3 is 36.2 Å². The lowest BCUT2D eigenvalue weighted by Gasteiger charge is -2.50. The van der Waals surface area contributed by atoms with Crippen LogP contribution >= 0.6 is 0 Å². The first kappa shape index (κ1) is 34.9. The lowest BCUT2D eigenvalue weighted by atomic mass is 9.55. The minimum Gasteiger partial charge on any atom is -0.478 e. The first-order valence-electron chi connectivity index (χ1n) is 17.7. The Morgan fingerprint density at radius 3 is 2.55 bits per heavy atom. The highest BCUT2D eigenvalue weighted by Gasteiger charge is 2.70. The molecule has 1 aromatic carbocycles. The smallest absolute Gasteiger partial charge is 0.407 e. The fourth-order valence-corrected chi connectivity index (χ4v) is 9.12. The number of hydrogen-bond acceptors (Lipinski definition) is 8. The Kier molecular flexibility index (Phi) is 11.3. The summed E-state index contributed by atoms with van der Waals surface area (Å²) in [6, 6.07) is 7.35. The quantitative estimate of drug-likeness (QED) is 0.0611. The molecule has 0 aliphatic heterocycles. The summed E-state index contributed by atoms with van der Waals surface area (Å²) >= 11 is 0. The minimum absolute atomic E-state index is 0.217. The molecule has 6 atom stereocenters. The molecule has 1 aromatic rings. The molecular weight excluding hydrogens is 594 g/mol. The summed E-state index contributed by atoms with van der Waals surface area (Å²) in [5.74, 6) is 3.47. The molecule has 5 saturated carbocycles. The van der Waals surface area contributed by atoms with Crippen molar-refractivity contribution in [1.29, 1.82) is 5.41 Å². The molecule has 5 N–H and O–H groups in total. The molecule has 5 aliphatic rings. The Hall–Kier alpha value is -3.40. The van der Waals surface area contributed by atoms with Crippen LogP contribution in [0.15, 0.2) is 35.7 Å². The van der Waals surface area contributed by atoms with E-state index in [1.54, 1.807) is 18.2 Å². The normalized spacial score (nSPS) is 29.2. The number of benzene rings is 1. The van der Waals surface area contributed by atoms with Gasteiger partial charge in [0.15, 0.2) is 0 Å². The Morgan fingerprint density at radius 2 is 1.85 bits per heavy atom. The van der Waals surface area contributed by atoms with E-state index < -0.39 is 5.60 Å². The molecule has 5 fully saturated rings. The Labute approximate surface area is 280 Å². The molecule has 5 aliphatic carbocycles. The van der Waals surface area contributed by atoms with Crippen molar-refractivity contribution in [1.82, 2.24) is 16.0 Å². The van der Waals surface area contributed by atoms with Crippen molar-refractivity contribution < 1.29 is 23.9 Å². The van der Waals surface area contributed by atoms with Crippen molar-refractivity contribution >= 4 is 30.2 Å². The van der Waals surface area contributed by atoms with Gasteiger partial charge in [0, 0.05) is 36.6 Å². The van der Waals surface area contributed by atoms with Crippen molar-refractivity contribution in [2.75, 3.05) is 32.1 Å². The maximum Gasteiger partial charge on any atom is 0.407 e. The number of likely N-dealkylation sites (N-methyl/N-ethyl adjacent to an activating group) is 1. The molecule has 258 valence electrons. The summed E-state index contributed by atoms with van der Waals surface area (Å²) in [4.78, 5) is 35.8. The number of fused-ring (bicyclic) bond motifs is 2. The molecule has 0 heterocycles. The zero-order chi connectivity index (χ0) is 33.6. The van der Waals surface area contributed by atoms with E-state index in [2.05, 4.69) is 21.3 Å². The average molecular weight is 650 g/mol. The number of hydrogen-bond donors (Lipinski definition) is 5. The van der Waals surface area contributed by atoms with Crippen LogP contribution in [0.5, 0.6) is 0 Å². The van der Waals surface area contributed by atoms with Gasteiger partial charge in [0.25, 0.3) is 5.91 Å². The van der Waals surface area contributed by atoms with E-state index in [4.69, 9.17) is 14.9 Å². The van der Waals surface area contributed by atoms with Gasteiger partial charge in [-0.25, -0.2) is 4.79 Å². The second-order valence-corrected chi connectivity index (χ2v) is 15.4. The highest BCUT2D eigenvalue weighted by atomic mass is 16.6. The summed E-state index contributed by atoms with van der Waals surface area (Å²) in [5, 5.41) is 20.3. The number of anilines is 1. The van der Waals surface area contributed by atoms with Crippen LogP contribution in [0, 0.1) is 40.4 Å². The van der Waals surface area contributed by atoms with E-state index in [1.807, 2.05) is 33.9 Å². The number of ether oxygens (including phenoxy) is 2. The van der Waals surface area contributed by atoms with Crippen LogP contribution in [-0.4, -0.2) is 62.9 Å². The predicted molar refractivity (Wildman–Crippen MR) is 183 cm³/mol. The molecule has 0 saturated heterocycles. The zero-order valence-electron chi connectivity index (χ0n) is 28.7. The topological polar surface area (TPSA) is 142 Å². The number of alkyl carbamates (subject to hydrolysis) is 1. The molecule has 1 spiro atoms. The maximum atomic E-state index is 13.6. The highest BCUT2D eigenvalue weighted by Crippen LogP contribution is 2.75. The fourth-order valence-electron chi connectivity index (χ4n) is 9.12. The fraction of sp³-hybridized carbons (Fsp3) is 0.676. The second-order valence-electron chi connectivity index (χ2n) is 15.4. The van der Waals surface area contributed by atoms with Crippen molar-refractivity contribution in [3.8, 4) is 0 Å². The van der Waals surface area contributed by atoms with Gasteiger partial charge in [-0.05, 0) is 120 Å². The van der Waals surface area contributed by atoms with E-state index in [-0.39, 0.29) is 23.6 Å². The molecule has 6 unspecified atom stereocenters. The van der Waals surface area contributed by atoms with E-state index in [0.29, 0.717) is 53.5 Å². The molecule has 0 radical (unpaired) electrons. The van der Waals surface area contributed by atoms with Crippen molar-refractivity contribution in [3.63, 3.8) is 0 Å². The van der Waals surface area contributed by atoms with Crippen molar-refractivity contribution in [3.05, 3.63) is 41.3 Å². The number of amides is 2. The third kappa shape index (κ3) is 8.37. The van der Waals surface area contributed by atoms with E-state index in [1.165, 1.54) is 51.4 Å². The van der Waals surface area contributed by atoms with Crippen molar-refractivity contribution in [2.24, 2.45) is 35.0 Å². The molecule has 47 heavy (non-hydrogen) atoms. The van der Waals surface area contributed by atoms with Gasteiger partial charge in [0.05, 0.1) is 6.61 Å². The second kappa shape index (κ2) is 15.2. The van der Waals surface area contributed by atoms with Gasteiger partial charge in [-0.3, -0.25) is 9.59 Å². The molecule has 10 nitrogen and oxygen atoms in total. The minimum atomic E-state index is -0.413. The van der Waals surface area contributed by atoms with Gasteiger partial charge in [-0.15, -0.1) is 0 Å². The van der Waals surface area contributed by atoms with E-state index in [0.717, 1.165) is 43.7 Å². The van der Waals surface area contributed by atoms with Gasteiger partial charge in [0.1, 0.15) is 17.5 Å². The molecule has 10 heteroatoms. The van der Waals surface area contributed by atoms with Gasteiger partial charge >= 0.3 is 6.09 Å². The Balaban J connectivity index is 0.000000310. The summed E-state index contributed by atoms with van der Waals surface area (Å²) in [7, 11) is 1.83. The van der Waals surface area contributed by atoms with Gasteiger partial charge in [0.2, 0.25) is 5.88 Å². The van der Waals surface area contributed by atoms with Crippen LogP contribution in [0.1, 0.15) is 95.3 Å². The lowest BCUT2D eigenvalue weighted by Crippen LogP contribution is -2.51. The van der Waals surface area contributed by atoms with Crippen LogP contribution < -0.4 is 21.3 Å². The predicted octanol–water partition coefficient (Wildman–Crippen LogP) is 6.04. The Morgan fingerprint density at radius 1 is 1.06 bits per heavy atom. The van der Waals surface area contributed by atoms with Crippen LogP contribution in [0.3, 0.4) is 0 Å². The molecule has 6 rings (SSSR count).